The average molecular weight is 355 g/mol. The van der Waals surface area contributed by atoms with Crippen molar-refractivity contribution in [3.8, 4) is 0 Å². The Bertz CT molecular complexity index is 232. The van der Waals surface area contributed by atoms with Crippen molar-refractivity contribution < 1.29 is 22.1 Å². The van der Waals surface area contributed by atoms with Gasteiger partial charge in [-0.15, -0.1) is 0 Å². The highest BCUT2D eigenvalue weighted by Gasteiger charge is 2.36. The van der Waals surface area contributed by atoms with E-state index in [1.54, 1.807) is 35.5 Å². The summed E-state index contributed by atoms with van der Waals surface area (Å²) in [5.74, 6) is 0.805. The summed E-state index contributed by atoms with van der Waals surface area (Å²) in [7, 11) is 4.43. The van der Waals surface area contributed by atoms with Crippen LogP contribution in [-0.4, -0.2) is 52.9 Å². The van der Waals surface area contributed by atoms with Gasteiger partial charge in [-0.05, 0) is 25.4 Å². The zero-order valence-corrected chi connectivity index (χ0v) is 18.2. The van der Waals surface area contributed by atoms with E-state index in [1.165, 1.54) is 19.3 Å². The summed E-state index contributed by atoms with van der Waals surface area (Å²) in [5, 5.41) is 0. The van der Waals surface area contributed by atoms with Gasteiger partial charge < -0.3 is 22.1 Å². The van der Waals surface area contributed by atoms with Gasteiger partial charge in [0.1, 0.15) is 0 Å². The molecule has 0 aromatic rings. The van der Waals surface area contributed by atoms with E-state index in [0.717, 1.165) is 18.4 Å². The number of rotatable bonds is 11. The second-order valence-corrected chi connectivity index (χ2v) is 12.8. The minimum Gasteiger partial charge on any atom is -0.398 e. The molecular weight excluding hydrogens is 316 g/mol. The van der Waals surface area contributed by atoms with Crippen LogP contribution in [0.5, 0.6) is 0 Å². The summed E-state index contributed by atoms with van der Waals surface area (Å²) in [5.41, 5.74) is 0. The van der Waals surface area contributed by atoms with Crippen LogP contribution in [0.1, 0.15) is 39.5 Å². The lowest BCUT2D eigenvalue weighted by atomic mass is 10.1. The molecule has 0 N–H and O–H groups in total. The highest BCUT2D eigenvalue weighted by Crippen LogP contribution is 2.18. The Balaban J connectivity index is 0. The van der Waals surface area contributed by atoms with Crippen molar-refractivity contribution in [3.05, 3.63) is 0 Å². The van der Waals surface area contributed by atoms with Gasteiger partial charge >= 0.3 is 17.4 Å². The molecule has 22 heavy (non-hydrogen) atoms. The molecule has 0 aromatic heterocycles. The maximum atomic E-state index is 5.36. The van der Waals surface area contributed by atoms with Gasteiger partial charge in [0.15, 0.2) is 0 Å². The van der Waals surface area contributed by atoms with Crippen molar-refractivity contribution in [2.75, 3.05) is 35.5 Å². The number of hydrogen-bond acceptors (Lipinski definition) is 5. The Morgan fingerprint density at radius 2 is 1.14 bits per heavy atom. The standard InChI is InChI=1S/C11H26O3Si.C4H12O2Si/c1-11(2)9-7-6-8-10-15(12-3,13-4)14-5;1-5-7(3,4)6-2/h11H,6-10H2,1-5H3;1-4H3. The van der Waals surface area contributed by atoms with Gasteiger partial charge in [-0.25, -0.2) is 0 Å². The first-order valence-corrected chi connectivity index (χ1v) is 12.7. The van der Waals surface area contributed by atoms with E-state index in [0.29, 0.717) is 0 Å². The van der Waals surface area contributed by atoms with E-state index >= 15 is 0 Å². The minimum atomic E-state index is -2.29. The van der Waals surface area contributed by atoms with Gasteiger partial charge in [-0.2, -0.15) is 0 Å². The van der Waals surface area contributed by atoms with E-state index < -0.39 is 17.4 Å². The van der Waals surface area contributed by atoms with Crippen LogP contribution < -0.4 is 0 Å². The largest absolute Gasteiger partial charge is 0.500 e. The third kappa shape index (κ3) is 12.7. The summed E-state index contributed by atoms with van der Waals surface area (Å²) in [4.78, 5) is 0. The molecule has 0 heterocycles. The molecule has 0 amide bonds. The fourth-order valence-corrected chi connectivity index (χ4v) is 3.67. The lowest BCUT2D eigenvalue weighted by Gasteiger charge is -2.24. The molecule has 0 aliphatic rings. The summed E-state index contributed by atoms with van der Waals surface area (Å²) in [6, 6.07) is 0.925. The molecule has 5 nitrogen and oxygen atoms in total. The zero-order valence-electron chi connectivity index (χ0n) is 16.2. The summed E-state index contributed by atoms with van der Waals surface area (Å²) >= 11 is 0. The monoisotopic (exact) mass is 354 g/mol. The van der Waals surface area contributed by atoms with Gasteiger partial charge in [0, 0.05) is 41.6 Å². The molecule has 0 aliphatic heterocycles. The molecule has 0 atom stereocenters. The number of hydrogen-bond donors (Lipinski definition) is 0. The second-order valence-electron chi connectivity index (χ2n) is 6.10. The topological polar surface area (TPSA) is 46.2 Å². The summed E-state index contributed by atoms with van der Waals surface area (Å²) < 4.78 is 26.1. The molecular formula is C15H38O5Si2. The van der Waals surface area contributed by atoms with Crippen molar-refractivity contribution in [2.45, 2.75) is 58.7 Å². The van der Waals surface area contributed by atoms with Crippen LogP contribution in [0, 0.1) is 5.92 Å². The van der Waals surface area contributed by atoms with Crippen LogP contribution in [0.3, 0.4) is 0 Å². The molecule has 0 aromatic carbocycles. The van der Waals surface area contributed by atoms with Crippen molar-refractivity contribution >= 4 is 17.4 Å². The van der Waals surface area contributed by atoms with Gasteiger partial charge in [-0.1, -0.05) is 33.1 Å². The molecule has 0 unspecified atom stereocenters. The maximum Gasteiger partial charge on any atom is 0.500 e. The van der Waals surface area contributed by atoms with E-state index in [4.69, 9.17) is 22.1 Å². The lowest BCUT2D eigenvalue weighted by Crippen LogP contribution is -2.42. The Hall–Kier alpha value is 0.234. The summed E-state index contributed by atoms with van der Waals surface area (Å²) in [6.07, 6.45) is 4.97. The van der Waals surface area contributed by atoms with Gasteiger partial charge in [0.05, 0.1) is 0 Å². The quantitative estimate of drug-likeness (QED) is 0.413. The van der Waals surface area contributed by atoms with Gasteiger partial charge in [-0.3, -0.25) is 0 Å². The van der Waals surface area contributed by atoms with Crippen LogP contribution in [0.15, 0.2) is 0 Å². The van der Waals surface area contributed by atoms with Crippen molar-refractivity contribution in [1.29, 1.82) is 0 Å². The Morgan fingerprint density at radius 3 is 1.41 bits per heavy atom. The molecule has 0 aliphatic carbocycles. The van der Waals surface area contributed by atoms with Crippen molar-refractivity contribution in [1.82, 2.24) is 0 Å². The Kier molecular flexibility index (Phi) is 15.2. The molecule has 0 saturated carbocycles. The zero-order chi connectivity index (χ0) is 17.6. The third-order valence-corrected chi connectivity index (χ3v) is 8.48. The van der Waals surface area contributed by atoms with E-state index in [1.807, 2.05) is 13.1 Å². The SMILES string of the molecule is CO[Si](C)(C)OC.CO[Si](CCCCCC(C)C)(OC)OC. The first-order valence-electron chi connectivity index (χ1n) is 7.98. The van der Waals surface area contributed by atoms with Crippen LogP contribution >= 0.6 is 0 Å². The predicted molar refractivity (Wildman–Crippen MR) is 96.4 cm³/mol. The van der Waals surface area contributed by atoms with Crippen molar-refractivity contribution in [3.63, 3.8) is 0 Å². The van der Waals surface area contributed by atoms with Crippen LogP contribution in [0.4, 0.5) is 0 Å². The first-order chi connectivity index (χ1) is 10.2. The molecule has 136 valence electrons. The maximum absolute atomic E-state index is 5.36. The molecule has 7 heteroatoms. The van der Waals surface area contributed by atoms with Gasteiger partial charge in [0.25, 0.3) is 0 Å². The lowest BCUT2D eigenvalue weighted by molar-refractivity contribution is 0.122. The predicted octanol–water partition coefficient (Wildman–Crippen LogP) is 4.06. The molecule has 0 bridgehead atoms. The highest BCUT2D eigenvalue weighted by atomic mass is 28.4. The van der Waals surface area contributed by atoms with Gasteiger partial charge in [0.2, 0.25) is 0 Å². The van der Waals surface area contributed by atoms with Crippen molar-refractivity contribution in [2.24, 2.45) is 5.92 Å². The fourth-order valence-electron chi connectivity index (χ4n) is 1.71. The second kappa shape index (κ2) is 13.7. The van der Waals surface area contributed by atoms with Crippen LogP contribution in [-0.2, 0) is 22.1 Å². The first kappa shape index (κ1) is 24.5. The Morgan fingerprint density at radius 1 is 0.682 bits per heavy atom. The van der Waals surface area contributed by atoms with Crippen LogP contribution in [0.25, 0.3) is 0 Å². The van der Waals surface area contributed by atoms with E-state index in [-0.39, 0.29) is 0 Å². The number of unbranched alkanes of at least 4 members (excludes halogenated alkanes) is 2. The van der Waals surface area contributed by atoms with E-state index in [9.17, 15) is 0 Å². The average Bonchev–Trinajstić information content (AvgIpc) is 2.52. The molecule has 0 radical (unpaired) electrons. The highest BCUT2D eigenvalue weighted by molar-refractivity contribution is 6.64. The summed E-state index contributed by atoms with van der Waals surface area (Å²) in [6.45, 7) is 8.51. The van der Waals surface area contributed by atoms with Crippen LogP contribution in [0.2, 0.25) is 19.1 Å². The normalized spacial score (nSPS) is 12.3. The smallest absolute Gasteiger partial charge is 0.398 e. The molecule has 0 fully saturated rings. The molecule has 0 spiro atoms. The third-order valence-electron chi connectivity index (χ3n) is 3.68. The minimum absolute atomic E-state index is 0.805. The molecule has 0 rings (SSSR count). The van der Waals surface area contributed by atoms with E-state index in [2.05, 4.69) is 13.8 Å². The fraction of sp³-hybridized carbons (Fsp3) is 1.00. The molecule has 0 saturated heterocycles. The Labute approximate surface area is 140 Å².